The zero-order valence-corrected chi connectivity index (χ0v) is 13.9. The lowest BCUT2D eigenvalue weighted by Gasteiger charge is -2.10. The number of aryl methyl sites for hydroxylation is 1. The molecule has 0 bridgehead atoms. The van der Waals surface area contributed by atoms with Crippen LogP contribution in [-0.4, -0.2) is 21.8 Å². The van der Waals surface area contributed by atoms with Gasteiger partial charge in [0.2, 0.25) is 0 Å². The highest BCUT2D eigenvalue weighted by Crippen LogP contribution is 2.22. The van der Waals surface area contributed by atoms with Crippen LogP contribution >= 0.6 is 15.9 Å². The number of amides is 1. The van der Waals surface area contributed by atoms with Gasteiger partial charge in [0.05, 0.1) is 5.71 Å². The smallest absolute Gasteiger partial charge is 0.281 e. The summed E-state index contributed by atoms with van der Waals surface area (Å²) in [5.74, 6) is -0.254. The molecular formula is C16H17BrN4O. The zero-order chi connectivity index (χ0) is 15.5. The molecule has 0 atom stereocenters. The summed E-state index contributed by atoms with van der Waals surface area (Å²) in [5.41, 5.74) is 6.93. The Balaban J connectivity index is 1.73. The van der Waals surface area contributed by atoms with Crippen LogP contribution in [0.25, 0.3) is 0 Å². The van der Waals surface area contributed by atoms with Crippen molar-refractivity contribution in [3.8, 4) is 0 Å². The first-order chi connectivity index (χ1) is 10.6. The monoisotopic (exact) mass is 360 g/mol. The number of H-pyrrole nitrogens is 1. The van der Waals surface area contributed by atoms with E-state index in [0.29, 0.717) is 5.69 Å². The van der Waals surface area contributed by atoms with Gasteiger partial charge in [-0.3, -0.25) is 9.89 Å². The van der Waals surface area contributed by atoms with Crippen LogP contribution in [0.3, 0.4) is 0 Å². The van der Waals surface area contributed by atoms with Crippen LogP contribution in [0.4, 0.5) is 0 Å². The highest BCUT2D eigenvalue weighted by atomic mass is 79.9. The van der Waals surface area contributed by atoms with E-state index in [1.807, 2.05) is 31.2 Å². The lowest BCUT2D eigenvalue weighted by atomic mass is 9.96. The van der Waals surface area contributed by atoms with E-state index in [2.05, 4.69) is 36.7 Å². The number of carbonyl (C=O) groups excluding carboxylic acids is 1. The van der Waals surface area contributed by atoms with Gasteiger partial charge in [0.25, 0.3) is 5.91 Å². The third-order valence-electron chi connectivity index (χ3n) is 3.86. The average Bonchev–Trinajstić information content (AvgIpc) is 2.97. The van der Waals surface area contributed by atoms with Gasteiger partial charge in [0.15, 0.2) is 5.69 Å². The molecule has 1 amide bonds. The Labute approximate surface area is 137 Å². The fraction of sp³-hybridized carbons (Fsp3) is 0.312. The summed E-state index contributed by atoms with van der Waals surface area (Å²) in [7, 11) is 0. The number of aromatic amines is 1. The summed E-state index contributed by atoms with van der Waals surface area (Å²) < 4.78 is 1.01. The maximum atomic E-state index is 12.3. The Hall–Kier alpha value is -1.95. The van der Waals surface area contributed by atoms with Crippen LogP contribution in [0, 0.1) is 0 Å². The molecule has 1 aromatic heterocycles. The van der Waals surface area contributed by atoms with Crippen molar-refractivity contribution in [1.82, 2.24) is 15.6 Å². The van der Waals surface area contributed by atoms with Crippen molar-refractivity contribution in [2.75, 3.05) is 0 Å². The van der Waals surface area contributed by atoms with Gasteiger partial charge in [-0.25, -0.2) is 5.43 Å². The second-order valence-electron chi connectivity index (χ2n) is 5.38. The summed E-state index contributed by atoms with van der Waals surface area (Å²) in [5, 5.41) is 11.3. The molecule has 6 heteroatoms. The number of hydrogen-bond acceptors (Lipinski definition) is 3. The minimum Gasteiger partial charge on any atom is -0.281 e. The molecule has 0 saturated carbocycles. The first kappa shape index (κ1) is 15.0. The van der Waals surface area contributed by atoms with Crippen molar-refractivity contribution < 1.29 is 4.79 Å². The lowest BCUT2D eigenvalue weighted by Crippen LogP contribution is -2.21. The van der Waals surface area contributed by atoms with Crippen LogP contribution in [0.2, 0.25) is 0 Å². The van der Waals surface area contributed by atoms with E-state index < -0.39 is 0 Å². The third-order valence-corrected chi connectivity index (χ3v) is 4.39. The van der Waals surface area contributed by atoms with Crippen LogP contribution in [0.15, 0.2) is 33.8 Å². The molecule has 0 radical (unpaired) electrons. The van der Waals surface area contributed by atoms with Gasteiger partial charge < -0.3 is 0 Å². The van der Waals surface area contributed by atoms with E-state index in [0.717, 1.165) is 52.7 Å². The molecule has 1 aliphatic rings. The van der Waals surface area contributed by atoms with Gasteiger partial charge in [-0.15, -0.1) is 0 Å². The second-order valence-corrected chi connectivity index (χ2v) is 6.30. The number of carbonyl (C=O) groups is 1. The molecule has 3 rings (SSSR count). The second kappa shape index (κ2) is 6.44. The molecule has 114 valence electrons. The van der Waals surface area contributed by atoms with Gasteiger partial charge >= 0.3 is 0 Å². The van der Waals surface area contributed by atoms with E-state index in [4.69, 9.17) is 0 Å². The number of benzene rings is 1. The van der Waals surface area contributed by atoms with E-state index in [-0.39, 0.29) is 5.91 Å². The molecule has 5 nitrogen and oxygen atoms in total. The molecule has 0 saturated heterocycles. The van der Waals surface area contributed by atoms with Gasteiger partial charge in [0.1, 0.15) is 0 Å². The van der Waals surface area contributed by atoms with E-state index in [9.17, 15) is 4.79 Å². The van der Waals surface area contributed by atoms with Crippen LogP contribution < -0.4 is 5.43 Å². The molecule has 1 aliphatic carbocycles. The van der Waals surface area contributed by atoms with E-state index in [1.165, 1.54) is 0 Å². The molecular weight excluding hydrogens is 344 g/mol. The van der Waals surface area contributed by atoms with Crippen molar-refractivity contribution in [1.29, 1.82) is 0 Å². The minimum absolute atomic E-state index is 0.254. The highest BCUT2D eigenvalue weighted by Gasteiger charge is 2.21. The summed E-state index contributed by atoms with van der Waals surface area (Å²) in [6, 6.07) is 7.79. The zero-order valence-electron chi connectivity index (χ0n) is 12.3. The van der Waals surface area contributed by atoms with Crippen molar-refractivity contribution in [3.63, 3.8) is 0 Å². The van der Waals surface area contributed by atoms with Crippen LogP contribution in [0.5, 0.6) is 0 Å². The molecule has 22 heavy (non-hydrogen) atoms. The number of nitrogens with one attached hydrogen (secondary N) is 2. The van der Waals surface area contributed by atoms with Crippen molar-refractivity contribution in [3.05, 3.63) is 51.3 Å². The SMILES string of the molecule is CC(=NNC(=O)c1n[nH]c2c1CCCC2)c1ccc(Br)cc1. The van der Waals surface area contributed by atoms with Gasteiger partial charge in [-0.2, -0.15) is 10.2 Å². The highest BCUT2D eigenvalue weighted by molar-refractivity contribution is 9.10. The Bertz CT molecular complexity index is 718. The first-order valence-corrected chi connectivity index (χ1v) is 8.11. The van der Waals surface area contributed by atoms with E-state index in [1.54, 1.807) is 0 Å². The number of hydrazone groups is 1. The molecule has 0 spiro atoms. The molecule has 2 aromatic rings. The maximum absolute atomic E-state index is 12.3. The lowest BCUT2D eigenvalue weighted by molar-refractivity contribution is 0.0949. The Morgan fingerprint density at radius 3 is 2.77 bits per heavy atom. The van der Waals surface area contributed by atoms with Crippen LogP contribution in [-0.2, 0) is 12.8 Å². The Kier molecular flexibility index (Phi) is 4.38. The largest absolute Gasteiger partial charge is 0.292 e. The van der Waals surface area contributed by atoms with Crippen molar-refractivity contribution >= 4 is 27.5 Å². The van der Waals surface area contributed by atoms with E-state index >= 15 is 0 Å². The fourth-order valence-corrected chi connectivity index (χ4v) is 2.88. The summed E-state index contributed by atoms with van der Waals surface area (Å²) >= 11 is 3.40. The topological polar surface area (TPSA) is 70.1 Å². The fourth-order valence-electron chi connectivity index (χ4n) is 2.61. The van der Waals surface area contributed by atoms with Crippen LogP contribution in [0.1, 0.15) is 47.1 Å². The predicted octanol–water partition coefficient (Wildman–Crippen LogP) is 3.21. The molecule has 1 aromatic carbocycles. The first-order valence-electron chi connectivity index (χ1n) is 7.32. The molecule has 2 N–H and O–H groups in total. The Morgan fingerprint density at radius 2 is 2.00 bits per heavy atom. The van der Waals surface area contributed by atoms with Crippen molar-refractivity contribution in [2.45, 2.75) is 32.6 Å². The normalized spacial score (nSPS) is 14.5. The third kappa shape index (κ3) is 3.11. The quantitative estimate of drug-likeness (QED) is 0.651. The number of halogens is 1. The summed E-state index contributed by atoms with van der Waals surface area (Å²) in [6.45, 7) is 1.86. The summed E-state index contributed by atoms with van der Waals surface area (Å²) in [6.07, 6.45) is 4.13. The number of rotatable bonds is 3. The number of hydrogen-bond donors (Lipinski definition) is 2. The average molecular weight is 361 g/mol. The van der Waals surface area contributed by atoms with Gasteiger partial charge in [0, 0.05) is 15.7 Å². The maximum Gasteiger partial charge on any atom is 0.292 e. The van der Waals surface area contributed by atoms with Gasteiger partial charge in [-0.05, 0) is 50.3 Å². The minimum atomic E-state index is -0.254. The number of nitrogens with zero attached hydrogens (tertiary/aromatic N) is 2. The molecule has 0 fully saturated rings. The number of fused-ring (bicyclic) bond motifs is 1. The molecule has 0 unspecified atom stereocenters. The van der Waals surface area contributed by atoms with Crippen molar-refractivity contribution in [2.24, 2.45) is 5.10 Å². The summed E-state index contributed by atoms with van der Waals surface area (Å²) in [4.78, 5) is 12.3. The molecule has 0 aliphatic heterocycles. The van der Waals surface area contributed by atoms with Gasteiger partial charge in [-0.1, -0.05) is 28.1 Å². The predicted molar refractivity (Wildman–Crippen MR) is 89.0 cm³/mol. The molecule has 1 heterocycles. The Morgan fingerprint density at radius 1 is 1.27 bits per heavy atom. The number of aromatic nitrogens is 2. The standard InChI is InChI=1S/C16H17BrN4O/c1-10(11-6-8-12(17)9-7-11)18-21-16(22)15-13-4-2-3-5-14(13)19-20-15/h6-9H,2-5H2,1H3,(H,19,20)(H,21,22).